The van der Waals surface area contributed by atoms with Gasteiger partial charge in [0.2, 0.25) is 0 Å². The first kappa shape index (κ1) is 26.6. The van der Waals surface area contributed by atoms with Gasteiger partial charge in [0.05, 0.1) is 5.56 Å². The van der Waals surface area contributed by atoms with Gasteiger partial charge in [0, 0.05) is 49.4 Å². The topological polar surface area (TPSA) is 143 Å². The Morgan fingerprint density at radius 2 is 0.870 bits per heavy atom. The lowest BCUT2D eigenvalue weighted by molar-refractivity contribution is 0.105. The minimum Gasteiger partial charge on any atom is -0.324 e. The van der Waals surface area contributed by atoms with E-state index >= 15 is 0 Å². The highest BCUT2D eigenvalue weighted by atomic mass is 35.5. The van der Waals surface area contributed by atoms with E-state index in [0.29, 0.717) is 45.6 Å². The number of benzene rings is 4. The van der Waals surface area contributed by atoms with E-state index in [0.717, 1.165) is 33.0 Å². The number of aromatic amines is 2. The summed E-state index contributed by atoms with van der Waals surface area (Å²) in [4.78, 5) is 61.3. The molecular formula is C34H16Cl2N8O2. The number of H-pyrrole nitrogens is 2. The molecule has 0 fully saturated rings. The summed E-state index contributed by atoms with van der Waals surface area (Å²) in [6.07, 6.45) is 0. The molecule has 3 aromatic heterocycles. The van der Waals surface area contributed by atoms with Crippen LogP contribution in [0.2, 0.25) is 0 Å². The standard InChI is InChI=1S/C34H16Cl2N8O2/c35-25(45)21-13-14-22-24(23(21)26(36)46)34-43-32-20-12-6-5-11-19(20)30(41-32)39-28-16-8-2-1-7-15(16)27(37-28)38-29-17-9-3-4-10-18(17)31(40-29)42-33(22)44-34/h1-14H,(H2,37,38,39,40,41,42,43,44). The van der Waals surface area contributed by atoms with Crippen LogP contribution >= 0.6 is 23.2 Å². The molecule has 0 radical (unpaired) electrons. The third kappa shape index (κ3) is 3.91. The van der Waals surface area contributed by atoms with E-state index in [1.807, 2.05) is 72.8 Å². The summed E-state index contributed by atoms with van der Waals surface area (Å²) in [6, 6.07) is 26.2. The van der Waals surface area contributed by atoms with Gasteiger partial charge in [-0.1, -0.05) is 72.8 Å². The largest absolute Gasteiger partial charge is 0.324 e. The van der Waals surface area contributed by atoms with Gasteiger partial charge in [-0.3, -0.25) is 9.59 Å². The summed E-state index contributed by atoms with van der Waals surface area (Å²) in [6.45, 7) is 0. The second-order valence-electron chi connectivity index (χ2n) is 10.7. The molecule has 218 valence electrons. The zero-order valence-electron chi connectivity index (χ0n) is 23.3. The fourth-order valence-electron chi connectivity index (χ4n) is 6.10. The molecule has 0 saturated carbocycles. The van der Waals surface area contributed by atoms with Crippen LogP contribution in [0.5, 0.6) is 0 Å². The zero-order valence-corrected chi connectivity index (χ0v) is 24.9. The Bertz CT molecular complexity index is 2680. The van der Waals surface area contributed by atoms with E-state index in [2.05, 4.69) is 9.97 Å². The first-order valence-electron chi connectivity index (χ1n) is 14.1. The third-order valence-corrected chi connectivity index (χ3v) is 8.52. The summed E-state index contributed by atoms with van der Waals surface area (Å²) in [5.41, 5.74) is 4.64. The molecule has 9 rings (SSSR count). The number of hydrogen-bond donors (Lipinski definition) is 2. The molecule has 7 aromatic rings. The van der Waals surface area contributed by atoms with E-state index < -0.39 is 10.5 Å². The van der Waals surface area contributed by atoms with Crippen LogP contribution in [0.4, 0.5) is 0 Å². The van der Waals surface area contributed by atoms with Crippen LogP contribution in [-0.4, -0.2) is 50.4 Å². The number of hydrogen-bond acceptors (Lipinski definition) is 8. The SMILES string of the molecule is O=C(Cl)c1ccc2c3nc4nc(nc5[nH]c(nc6nc(nc([nH]3)c2c1C(=O)Cl)-c1ccccc1-6)c1ccccc51)-c1ccccc1-4. The van der Waals surface area contributed by atoms with Gasteiger partial charge < -0.3 is 9.97 Å². The minimum atomic E-state index is -0.870. The van der Waals surface area contributed by atoms with Crippen LogP contribution in [0.25, 0.3) is 89.7 Å². The van der Waals surface area contributed by atoms with Crippen molar-refractivity contribution in [3.8, 4) is 45.6 Å². The van der Waals surface area contributed by atoms with Crippen molar-refractivity contribution in [1.82, 2.24) is 39.9 Å². The van der Waals surface area contributed by atoms with Crippen molar-refractivity contribution in [2.24, 2.45) is 0 Å². The molecule has 5 heterocycles. The average Bonchev–Trinajstić information content (AvgIpc) is 3.80. The number of carbonyl (C=O) groups is 2. The summed E-state index contributed by atoms with van der Waals surface area (Å²) in [5.74, 6) is 1.63. The van der Waals surface area contributed by atoms with Gasteiger partial charge in [0.25, 0.3) is 10.5 Å². The molecule has 4 aromatic carbocycles. The van der Waals surface area contributed by atoms with Crippen LogP contribution in [0, 0.1) is 0 Å². The smallest absolute Gasteiger partial charge is 0.253 e. The van der Waals surface area contributed by atoms with Crippen molar-refractivity contribution in [2.45, 2.75) is 0 Å². The predicted molar refractivity (Wildman–Crippen MR) is 176 cm³/mol. The number of nitrogens with zero attached hydrogens (tertiary/aromatic N) is 6. The van der Waals surface area contributed by atoms with Crippen LogP contribution < -0.4 is 0 Å². The number of aromatic nitrogens is 8. The highest BCUT2D eigenvalue weighted by Gasteiger charge is 2.25. The lowest BCUT2D eigenvalue weighted by Crippen LogP contribution is -2.01. The second-order valence-corrected chi connectivity index (χ2v) is 11.4. The number of nitrogens with one attached hydrogen (secondary N) is 2. The molecule has 0 unspecified atom stereocenters. The molecule has 12 heteroatoms. The van der Waals surface area contributed by atoms with E-state index in [4.69, 9.17) is 53.1 Å². The van der Waals surface area contributed by atoms with E-state index in [-0.39, 0.29) is 22.2 Å². The van der Waals surface area contributed by atoms with Crippen molar-refractivity contribution in [3.63, 3.8) is 0 Å². The lowest BCUT2D eigenvalue weighted by atomic mass is 10.0. The number of rotatable bonds is 2. The summed E-state index contributed by atoms with van der Waals surface area (Å²) in [7, 11) is 0. The third-order valence-electron chi connectivity index (χ3n) is 8.13. The van der Waals surface area contributed by atoms with Crippen LogP contribution in [0.3, 0.4) is 0 Å². The Balaban J connectivity index is 1.53. The molecule has 2 aliphatic rings. The fraction of sp³-hybridized carbons (Fsp3) is 0. The maximum atomic E-state index is 12.9. The predicted octanol–water partition coefficient (Wildman–Crippen LogP) is 7.63. The molecule has 46 heavy (non-hydrogen) atoms. The molecule has 0 amide bonds. The lowest BCUT2D eigenvalue weighted by Gasteiger charge is -2.03. The Morgan fingerprint density at radius 3 is 1.33 bits per heavy atom. The van der Waals surface area contributed by atoms with Gasteiger partial charge in [-0.2, -0.15) is 0 Å². The van der Waals surface area contributed by atoms with Crippen molar-refractivity contribution in [3.05, 3.63) is 96.1 Å². The molecule has 2 N–H and O–H groups in total. The Kier molecular flexibility index (Phi) is 5.67. The van der Waals surface area contributed by atoms with Gasteiger partial charge >= 0.3 is 0 Å². The maximum absolute atomic E-state index is 12.9. The van der Waals surface area contributed by atoms with Crippen molar-refractivity contribution in [2.75, 3.05) is 0 Å². The molecule has 8 bridgehead atoms. The van der Waals surface area contributed by atoms with Gasteiger partial charge in [-0.15, -0.1) is 0 Å². The Morgan fingerprint density at radius 1 is 0.457 bits per heavy atom. The molecule has 0 spiro atoms. The van der Waals surface area contributed by atoms with Crippen LogP contribution in [0.1, 0.15) is 20.7 Å². The normalized spacial score (nSPS) is 11.9. The molecule has 0 atom stereocenters. The van der Waals surface area contributed by atoms with E-state index in [1.165, 1.54) is 6.07 Å². The van der Waals surface area contributed by atoms with Crippen molar-refractivity contribution < 1.29 is 9.59 Å². The molecular weight excluding hydrogens is 623 g/mol. The molecule has 2 aliphatic heterocycles. The number of carbonyl (C=O) groups excluding carboxylic acids is 2. The van der Waals surface area contributed by atoms with Gasteiger partial charge in [0.15, 0.2) is 23.3 Å². The van der Waals surface area contributed by atoms with Gasteiger partial charge in [-0.05, 0) is 35.3 Å². The van der Waals surface area contributed by atoms with Gasteiger partial charge in [-0.25, -0.2) is 29.9 Å². The number of halogens is 2. The molecule has 10 nitrogen and oxygen atoms in total. The second kappa shape index (κ2) is 9.83. The fourth-order valence-corrected chi connectivity index (χ4v) is 6.45. The first-order chi connectivity index (χ1) is 22.4. The van der Waals surface area contributed by atoms with Crippen molar-refractivity contribution in [1.29, 1.82) is 0 Å². The first-order valence-corrected chi connectivity index (χ1v) is 14.9. The van der Waals surface area contributed by atoms with Crippen LogP contribution in [-0.2, 0) is 0 Å². The molecule has 0 aliphatic carbocycles. The highest BCUT2D eigenvalue weighted by Crippen LogP contribution is 2.38. The Hall–Kier alpha value is -5.84. The minimum absolute atomic E-state index is 0.0507. The Labute approximate surface area is 268 Å². The van der Waals surface area contributed by atoms with Gasteiger partial charge in [0.1, 0.15) is 22.6 Å². The maximum Gasteiger partial charge on any atom is 0.253 e. The van der Waals surface area contributed by atoms with E-state index in [1.54, 1.807) is 6.07 Å². The van der Waals surface area contributed by atoms with Crippen molar-refractivity contribution >= 4 is 77.8 Å². The highest BCUT2D eigenvalue weighted by molar-refractivity contribution is 6.73. The number of fused-ring (bicyclic) bond motifs is 20. The average molecular weight is 639 g/mol. The summed E-state index contributed by atoms with van der Waals surface area (Å²) >= 11 is 12.0. The monoisotopic (exact) mass is 638 g/mol. The zero-order chi connectivity index (χ0) is 31.1. The summed E-state index contributed by atoms with van der Waals surface area (Å²) in [5, 5.41) is 0.797. The van der Waals surface area contributed by atoms with E-state index in [9.17, 15) is 9.59 Å². The molecule has 0 saturated heterocycles. The summed E-state index contributed by atoms with van der Waals surface area (Å²) < 4.78 is 0. The van der Waals surface area contributed by atoms with Crippen LogP contribution in [0.15, 0.2) is 84.9 Å². The quantitative estimate of drug-likeness (QED) is 0.184.